The minimum absolute atomic E-state index is 0.127. The first-order valence-electron chi connectivity index (χ1n) is 11.0. The number of Topliss-reactive ketones (excluding diaryl/α,β-unsaturated/α-hetero) is 1. The molecule has 30 heavy (non-hydrogen) atoms. The van der Waals surface area contributed by atoms with Crippen LogP contribution in [0.3, 0.4) is 0 Å². The van der Waals surface area contributed by atoms with Crippen LogP contribution >= 0.6 is 0 Å². The Hall–Kier alpha value is -2.68. The standard InChI is InChI=1S/C27H32O3/c1-19(2)23-16-14-20(3)18-25(23)30-27(29)24(17-15-21-10-6-4-7-11-21)26(28)22-12-8-5-9-13-22/h4-13,15,17,19-20,23-25H,14,16,18H2,1-3H3/t20-,23-,24+,25-/m1/s1. The number of rotatable bonds is 7. The van der Waals surface area contributed by atoms with Crippen LogP contribution in [0.25, 0.3) is 6.08 Å². The van der Waals surface area contributed by atoms with Gasteiger partial charge in [0.15, 0.2) is 5.78 Å². The molecule has 1 aliphatic carbocycles. The van der Waals surface area contributed by atoms with Gasteiger partial charge in [0.2, 0.25) is 0 Å². The number of benzene rings is 2. The summed E-state index contributed by atoms with van der Waals surface area (Å²) in [6.45, 7) is 6.58. The molecule has 0 aromatic heterocycles. The van der Waals surface area contributed by atoms with Gasteiger partial charge in [0.05, 0.1) is 0 Å². The molecule has 1 saturated carbocycles. The third kappa shape index (κ3) is 5.69. The lowest BCUT2D eigenvalue weighted by Gasteiger charge is -2.37. The maximum absolute atomic E-state index is 13.2. The van der Waals surface area contributed by atoms with E-state index >= 15 is 0 Å². The third-order valence-corrected chi connectivity index (χ3v) is 6.10. The number of ketones is 1. The molecule has 158 valence electrons. The lowest BCUT2D eigenvalue weighted by Crippen LogP contribution is -2.38. The number of hydrogen-bond acceptors (Lipinski definition) is 3. The quantitative estimate of drug-likeness (QED) is 0.313. The van der Waals surface area contributed by atoms with Crippen LogP contribution < -0.4 is 0 Å². The van der Waals surface area contributed by atoms with Crippen molar-refractivity contribution in [2.24, 2.45) is 23.7 Å². The summed E-state index contributed by atoms with van der Waals surface area (Å²) in [7, 11) is 0. The minimum atomic E-state index is -0.947. The molecule has 3 heteroatoms. The van der Waals surface area contributed by atoms with Crippen molar-refractivity contribution in [3.8, 4) is 0 Å². The van der Waals surface area contributed by atoms with E-state index in [1.54, 1.807) is 18.2 Å². The number of carbonyl (C=O) groups excluding carboxylic acids is 2. The Morgan fingerprint density at radius 3 is 2.23 bits per heavy atom. The summed E-state index contributed by atoms with van der Waals surface area (Å²) in [6.07, 6.45) is 6.48. The summed E-state index contributed by atoms with van der Waals surface area (Å²) in [6, 6.07) is 18.7. The maximum atomic E-state index is 13.2. The van der Waals surface area contributed by atoms with Crippen molar-refractivity contribution in [3.63, 3.8) is 0 Å². The summed E-state index contributed by atoms with van der Waals surface area (Å²) in [5.41, 5.74) is 1.47. The maximum Gasteiger partial charge on any atom is 0.321 e. The molecule has 3 rings (SSSR count). The molecule has 0 N–H and O–H groups in total. The molecule has 2 aromatic carbocycles. The summed E-state index contributed by atoms with van der Waals surface area (Å²) in [4.78, 5) is 26.4. The van der Waals surface area contributed by atoms with E-state index in [4.69, 9.17) is 4.74 Å². The van der Waals surface area contributed by atoms with Gasteiger partial charge in [-0.15, -0.1) is 0 Å². The van der Waals surface area contributed by atoms with Crippen LogP contribution in [-0.4, -0.2) is 17.9 Å². The minimum Gasteiger partial charge on any atom is -0.461 e. The van der Waals surface area contributed by atoms with Crippen LogP contribution in [0.4, 0.5) is 0 Å². The molecule has 1 aliphatic rings. The van der Waals surface area contributed by atoms with Gasteiger partial charge in [0, 0.05) is 5.56 Å². The van der Waals surface area contributed by atoms with Crippen molar-refractivity contribution in [2.45, 2.75) is 46.1 Å². The van der Waals surface area contributed by atoms with Crippen molar-refractivity contribution in [2.75, 3.05) is 0 Å². The molecule has 3 nitrogen and oxygen atoms in total. The highest BCUT2D eigenvalue weighted by Gasteiger charge is 2.36. The molecule has 0 aliphatic heterocycles. The van der Waals surface area contributed by atoms with Crippen LogP contribution in [-0.2, 0) is 9.53 Å². The molecule has 0 bridgehead atoms. The second kappa shape index (κ2) is 10.4. The van der Waals surface area contributed by atoms with Crippen molar-refractivity contribution in [1.82, 2.24) is 0 Å². The van der Waals surface area contributed by atoms with Gasteiger partial charge >= 0.3 is 5.97 Å². The monoisotopic (exact) mass is 404 g/mol. The van der Waals surface area contributed by atoms with E-state index < -0.39 is 11.9 Å². The molecular weight excluding hydrogens is 372 g/mol. The Labute approximate surface area is 180 Å². The van der Waals surface area contributed by atoms with Gasteiger partial charge in [0.25, 0.3) is 0 Å². The normalized spacial score (nSPS) is 22.7. The average Bonchev–Trinajstić information content (AvgIpc) is 2.75. The summed E-state index contributed by atoms with van der Waals surface area (Å²) in [5, 5.41) is 0. The largest absolute Gasteiger partial charge is 0.461 e. The number of esters is 1. The summed E-state index contributed by atoms with van der Waals surface area (Å²) in [5.74, 6) is -0.300. The lowest BCUT2D eigenvalue weighted by atomic mass is 9.75. The molecule has 0 amide bonds. The van der Waals surface area contributed by atoms with Gasteiger partial charge in [-0.2, -0.15) is 0 Å². The van der Waals surface area contributed by atoms with Gasteiger partial charge in [-0.3, -0.25) is 9.59 Å². The topological polar surface area (TPSA) is 43.4 Å². The number of ether oxygens (including phenoxy) is 1. The Morgan fingerprint density at radius 1 is 0.967 bits per heavy atom. The summed E-state index contributed by atoms with van der Waals surface area (Å²) >= 11 is 0. The van der Waals surface area contributed by atoms with Crippen LogP contribution in [0.2, 0.25) is 0 Å². The van der Waals surface area contributed by atoms with E-state index in [1.165, 1.54) is 0 Å². The summed E-state index contributed by atoms with van der Waals surface area (Å²) < 4.78 is 6.02. The Kier molecular flexibility index (Phi) is 7.62. The van der Waals surface area contributed by atoms with Crippen molar-refractivity contribution in [1.29, 1.82) is 0 Å². The second-order valence-electron chi connectivity index (χ2n) is 8.78. The van der Waals surface area contributed by atoms with E-state index in [2.05, 4.69) is 20.8 Å². The Bertz CT molecular complexity index is 854. The molecule has 2 aromatic rings. The highest BCUT2D eigenvalue weighted by Crippen LogP contribution is 2.36. The smallest absolute Gasteiger partial charge is 0.321 e. The highest BCUT2D eigenvalue weighted by molar-refractivity contribution is 6.10. The zero-order valence-electron chi connectivity index (χ0n) is 18.2. The van der Waals surface area contributed by atoms with Crippen molar-refractivity contribution < 1.29 is 14.3 Å². The Balaban J connectivity index is 1.84. The van der Waals surface area contributed by atoms with Crippen LogP contribution in [0, 0.1) is 23.7 Å². The Morgan fingerprint density at radius 2 is 1.60 bits per heavy atom. The van der Waals surface area contributed by atoms with Gasteiger partial charge in [-0.05, 0) is 36.2 Å². The molecule has 4 atom stereocenters. The molecule has 0 heterocycles. The zero-order chi connectivity index (χ0) is 21.5. The molecule has 1 fully saturated rings. The van der Waals surface area contributed by atoms with Crippen molar-refractivity contribution in [3.05, 3.63) is 77.9 Å². The second-order valence-corrected chi connectivity index (χ2v) is 8.78. The first-order valence-corrected chi connectivity index (χ1v) is 11.0. The molecule has 0 saturated heterocycles. The fourth-order valence-electron chi connectivity index (χ4n) is 4.30. The highest BCUT2D eigenvalue weighted by atomic mass is 16.5. The van der Waals surface area contributed by atoms with E-state index in [-0.39, 0.29) is 11.9 Å². The zero-order valence-corrected chi connectivity index (χ0v) is 18.2. The van der Waals surface area contributed by atoms with Crippen molar-refractivity contribution >= 4 is 17.8 Å². The van der Waals surface area contributed by atoms with Crippen LogP contribution in [0.5, 0.6) is 0 Å². The third-order valence-electron chi connectivity index (χ3n) is 6.10. The SMILES string of the molecule is CC(C)[C@H]1CC[C@@H](C)C[C@H]1OC(=O)[C@@H](C=Cc1ccccc1)C(=O)c1ccccc1. The fourth-order valence-corrected chi connectivity index (χ4v) is 4.30. The first-order chi connectivity index (χ1) is 14.5. The predicted molar refractivity (Wildman–Crippen MR) is 121 cm³/mol. The van der Waals surface area contributed by atoms with Gasteiger partial charge < -0.3 is 4.74 Å². The van der Waals surface area contributed by atoms with Gasteiger partial charge in [0.1, 0.15) is 12.0 Å². The molecule has 0 spiro atoms. The first kappa shape index (κ1) is 22.0. The van der Waals surface area contributed by atoms with E-state index in [0.29, 0.717) is 23.3 Å². The van der Waals surface area contributed by atoms with E-state index in [1.807, 2.05) is 54.6 Å². The van der Waals surface area contributed by atoms with Crippen LogP contribution in [0.15, 0.2) is 66.7 Å². The van der Waals surface area contributed by atoms with Gasteiger partial charge in [-0.25, -0.2) is 0 Å². The predicted octanol–water partition coefficient (Wildman–Crippen LogP) is 6.20. The van der Waals surface area contributed by atoms with Gasteiger partial charge in [-0.1, -0.05) is 100 Å². The molecule has 0 unspecified atom stereocenters. The molecular formula is C27H32O3. The fraction of sp³-hybridized carbons (Fsp3) is 0.407. The van der Waals surface area contributed by atoms with Crippen LogP contribution in [0.1, 0.15) is 56.0 Å². The van der Waals surface area contributed by atoms with E-state index in [0.717, 1.165) is 24.8 Å². The van der Waals surface area contributed by atoms with E-state index in [9.17, 15) is 9.59 Å². The number of carbonyl (C=O) groups is 2. The average molecular weight is 405 g/mol. The molecule has 0 radical (unpaired) electrons. The number of hydrogen-bond donors (Lipinski definition) is 0. The lowest BCUT2D eigenvalue weighted by molar-refractivity contribution is -0.157.